The summed E-state index contributed by atoms with van der Waals surface area (Å²) in [4.78, 5) is 33.9. The molecule has 114 valence electrons. The lowest BCUT2D eigenvalue weighted by atomic mass is 10.2. The summed E-state index contributed by atoms with van der Waals surface area (Å²) in [5.74, 6) is -2.49. The number of carbonyl (C=O) groups is 3. The molecule has 0 bridgehead atoms. The highest BCUT2D eigenvalue weighted by Crippen LogP contribution is 2.26. The van der Waals surface area contributed by atoms with Crippen molar-refractivity contribution < 1.29 is 19.1 Å². The van der Waals surface area contributed by atoms with Crippen LogP contribution in [0.25, 0.3) is 0 Å². The number of benzene rings is 1. The van der Waals surface area contributed by atoms with E-state index in [1.807, 2.05) is 6.92 Å². The number of carbonyl (C=O) groups excluding carboxylic acids is 3. The van der Waals surface area contributed by atoms with Gasteiger partial charge in [-0.15, -0.1) is 0 Å². The Hall–Kier alpha value is -2.28. The zero-order valence-electron chi connectivity index (χ0n) is 11.6. The van der Waals surface area contributed by atoms with Gasteiger partial charge in [0.2, 0.25) is 11.8 Å². The van der Waals surface area contributed by atoms with Gasteiger partial charge >= 0.3 is 0 Å². The van der Waals surface area contributed by atoms with Gasteiger partial charge in [-0.1, -0.05) is 17.7 Å². The Balaban J connectivity index is 2.77. The molecule has 0 aromatic heterocycles. The summed E-state index contributed by atoms with van der Waals surface area (Å²) < 4.78 is 5.40. The highest BCUT2D eigenvalue weighted by Gasteiger charge is 2.27. The molecule has 0 saturated heterocycles. The number of primary amides is 2. The van der Waals surface area contributed by atoms with Crippen molar-refractivity contribution in [2.75, 3.05) is 0 Å². The highest BCUT2D eigenvalue weighted by molar-refractivity contribution is 6.32. The first kappa shape index (κ1) is 16.8. The molecule has 1 rings (SSSR count). The molecule has 0 aliphatic rings. The van der Waals surface area contributed by atoms with Crippen LogP contribution in [0.2, 0.25) is 5.02 Å². The van der Waals surface area contributed by atoms with Crippen LogP contribution < -0.4 is 21.5 Å². The van der Waals surface area contributed by atoms with Crippen molar-refractivity contribution in [3.05, 3.63) is 28.8 Å². The van der Waals surface area contributed by atoms with Crippen LogP contribution in [0.15, 0.2) is 18.2 Å². The summed E-state index contributed by atoms with van der Waals surface area (Å²) in [6.45, 7) is 3.27. The minimum absolute atomic E-state index is 0.314. The first-order chi connectivity index (χ1) is 9.72. The normalized spacial score (nSPS) is 11.8. The zero-order valence-corrected chi connectivity index (χ0v) is 12.3. The van der Waals surface area contributed by atoms with Gasteiger partial charge < -0.3 is 21.5 Å². The van der Waals surface area contributed by atoms with Crippen LogP contribution in [-0.4, -0.2) is 29.9 Å². The third kappa shape index (κ3) is 4.64. The van der Waals surface area contributed by atoms with E-state index in [-0.39, 0.29) is 0 Å². The Bertz CT molecular complexity index is 563. The molecule has 7 nitrogen and oxygen atoms in total. The largest absolute Gasteiger partial charge is 0.479 e. The number of amides is 3. The lowest BCUT2D eigenvalue weighted by Gasteiger charge is -2.18. The fourth-order valence-electron chi connectivity index (χ4n) is 1.49. The summed E-state index contributed by atoms with van der Waals surface area (Å²) in [7, 11) is 0. The Morgan fingerprint density at radius 1 is 1.24 bits per heavy atom. The van der Waals surface area contributed by atoms with E-state index in [4.69, 9.17) is 27.8 Å². The lowest BCUT2D eigenvalue weighted by Crippen LogP contribution is -2.55. The average molecular weight is 314 g/mol. The Kier molecular flexibility index (Phi) is 5.54. The van der Waals surface area contributed by atoms with E-state index in [1.54, 1.807) is 18.2 Å². The molecule has 1 unspecified atom stereocenters. The van der Waals surface area contributed by atoms with Crippen molar-refractivity contribution >= 4 is 29.3 Å². The number of rotatable bonds is 6. The molecular formula is C13H16ClN3O4. The minimum atomic E-state index is -1.59. The molecule has 1 aromatic rings. The van der Waals surface area contributed by atoms with Gasteiger partial charge in [-0.2, -0.15) is 0 Å². The molecule has 1 aromatic carbocycles. The quantitative estimate of drug-likeness (QED) is 0.633. The first-order valence-electron chi connectivity index (χ1n) is 6.04. The zero-order chi connectivity index (χ0) is 16.2. The molecule has 0 saturated carbocycles. The molecule has 0 aliphatic heterocycles. The predicted molar refractivity (Wildman–Crippen MR) is 76.6 cm³/mol. The van der Waals surface area contributed by atoms with Crippen LogP contribution >= 0.6 is 11.6 Å². The first-order valence-corrected chi connectivity index (χ1v) is 6.42. The number of halogens is 1. The van der Waals surface area contributed by atoms with Crippen LogP contribution in [0.5, 0.6) is 5.75 Å². The van der Waals surface area contributed by atoms with Gasteiger partial charge in [-0.05, 0) is 31.5 Å². The van der Waals surface area contributed by atoms with Crippen molar-refractivity contribution in [3.63, 3.8) is 0 Å². The van der Waals surface area contributed by atoms with Crippen LogP contribution in [0, 0.1) is 6.92 Å². The van der Waals surface area contributed by atoms with Crippen molar-refractivity contribution in [2.24, 2.45) is 11.5 Å². The second kappa shape index (κ2) is 6.94. The van der Waals surface area contributed by atoms with E-state index in [2.05, 4.69) is 5.32 Å². The Labute approximate surface area is 126 Å². The van der Waals surface area contributed by atoms with Gasteiger partial charge in [0.25, 0.3) is 5.91 Å². The van der Waals surface area contributed by atoms with E-state index in [0.29, 0.717) is 10.8 Å². The van der Waals surface area contributed by atoms with Crippen LogP contribution in [0.3, 0.4) is 0 Å². The summed E-state index contributed by atoms with van der Waals surface area (Å²) in [6.07, 6.45) is -0.995. The van der Waals surface area contributed by atoms with Gasteiger partial charge in [0.15, 0.2) is 12.1 Å². The maximum atomic E-state index is 11.9. The highest BCUT2D eigenvalue weighted by atomic mass is 35.5. The van der Waals surface area contributed by atoms with Gasteiger partial charge in [0.05, 0.1) is 5.02 Å². The summed E-state index contributed by atoms with van der Waals surface area (Å²) in [5, 5.41) is 2.45. The van der Waals surface area contributed by atoms with E-state index in [1.165, 1.54) is 6.92 Å². The van der Waals surface area contributed by atoms with Crippen molar-refractivity contribution in [1.29, 1.82) is 0 Å². The molecule has 1 atom stereocenters. The number of nitrogens with one attached hydrogen (secondary N) is 1. The molecule has 0 aliphatic carbocycles. The Morgan fingerprint density at radius 2 is 1.81 bits per heavy atom. The smallest absolute Gasteiger partial charge is 0.261 e. The molecule has 8 heteroatoms. The van der Waals surface area contributed by atoms with Crippen molar-refractivity contribution in [3.8, 4) is 5.75 Å². The van der Waals surface area contributed by atoms with E-state index < -0.39 is 29.9 Å². The van der Waals surface area contributed by atoms with Gasteiger partial charge in [0, 0.05) is 0 Å². The van der Waals surface area contributed by atoms with E-state index in [0.717, 1.165) is 5.56 Å². The monoisotopic (exact) mass is 313 g/mol. The number of aryl methyl sites for hydroxylation is 1. The number of ether oxygens (including phenoxy) is 1. The second-order valence-corrected chi connectivity index (χ2v) is 4.85. The number of nitrogens with two attached hydrogens (primary N) is 2. The molecule has 0 fully saturated rings. The fraction of sp³-hybridized carbons (Fsp3) is 0.308. The van der Waals surface area contributed by atoms with E-state index in [9.17, 15) is 14.4 Å². The molecule has 3 amide bonds. The standard InChI is InChI=1S/C13H16ClN3O4/c1-6-3-4-8(14)9(5-6)21-7(2)13(20)17-10(11(15)18)12(16)19/h3-5,7,10H,1-2H3,(H2,15,18)(H2,16,19)(H,17,20). The van der Waals surface area contributed by atoms with Gasteiger partial charge in [-0.25, -0.2) is 0 Å². The van der Waals surface area contributed by atoms with Gasteiger partial charge in [-0.3, -0.25) is 14.4 Å². The van der Waals surface area contributed by atoms with Crippen LogP contribution in [0.1, 0.15) is 12.5 Å². The van der Waals surface area contributed by atoms with Crippen molar-refractivity contribution in [2.45, 2.75) is 26.0 Å². The minimum Gasteiger partial charge on any atom is -0.479 e. The molecule has 21 heavy (non-hydrogen) atoms. The molecule has 0 radical (unpaired) electrons. The third-order valence-electron chi connectivity index (χ3n) is 2.62. The summed E-state index contributed by atoms with van der Waals surface area (Å²) in [6, 6.07) is 3.49. The van der Waals surface area contributed by atoms with Crippen LogP contribution in [-0.2, 0) is 14.4 Å². The molecular weight excluding hydrogens is 298 g/mol. The van der Waals surface area contributed by atoms with Crippen LogP contribution in [0.4, 0.5) is 0 Å². The average Bonchev–Trinajstić information content (AvgIpc) is 2.38. The fourth-order valence-corrected chi connectivity index (χ4v) is 1.65. The Morgan fingerprint density at radius 3 is 2.33 bits per heavy atom. The number of hydrogen-bond donors (Lipinski definition) is 3. The SMILES string of the molecule is Cc1ccc(Cl)c(OC(C)C(=O)NC(C(N)=O)C(N)=O)c1. The number of hydrogen-bond acceptors (Lipinski definition) is 4. The summed E-state index contributed by atoms with van der Waals surface area (Å²) in [5.41, 5.74) is 10.8. The predicted octanol–water partition coefficient (Wildman–Crippen LogP) is -0.129. The van der Waals surface area contributed by atoms with Crippen molar-refractivity contribution in [1.82, 2.24) is 5.32 Å². The maximum absolute atomic E-state index is 11.9. The summed E-state index contributed by atoms with van der Waals surface area (Å²) >= 11 is 5.95. The maximum Gasteiger partial charge on any atom is 0.261 e. The lowest BCUT2D eigenvalue weighted by molar-refractivity contribution is -0.136. The van der Waals surface area contributed by atoms with Gasteiger partial charge in [0.1, 0.15) is 5.75 Å². The third-order valence-corrected chi connectivity index (χ3v) is 2.93. The topological polar surface area (TPSA) is 125 Å². The molecule has 0 spiro atoms. The van der Waals surface area contributed by atoms with E-state index >= 15 is 0 Å². The molecule has 5 N–H and O–H groups in total. The second-order valence-electron chi connectivity index (χ2n) is 4.44. The molecule has 0 heterocycles.